The fourth-order valence-electron chi connectivity index (χ4n) is 10.8. The Balaban J connectivity index is 0.000000870. The molecule has 6 aliphatic rings. The number of hydrogen-bond acceptors (Lipinski definition) is 11. The molecule has 5 aliphatic heterocycles. The number of urea groups is 1. The van der Waals surface area contributed by atoms with Crippen LogP contribution in [0.1, 0.15) is 89.8 Å². The number of ether oxygens (including phenoxy) is 1. The molecule has 5 fully saturated rings. The third kappa shape index (κ3) is 8.99. The van der Waals surface area contributed by atoms with Crippen molar-refractivity contribution in [3.05, 3.63) is 70.0 Å². The summed E-state index contributed by atoms with van der Waals surface area (Å²) in [6.07, 6.45) is 9.57. The van der Waals surface area contributed by atoms with Crippen molar-refractivity contribution in [1.29, 1.82) is 0 Å². The lowest BCUT2D eigenvalue weighted by Gasteiger charge is -2.52. The van der Waals surface area contributed by atoms with Crippen molar-refractivity contribution < 1.29 is 32.7 Å². The molecule has 10 rings (SSSR count). The van der Waals surface area contributed by atoms with Crippen molar-refractivity contribution in [2.45, 2.75) is 83.2 Å². The van der Waals surface area contributed by atoms with E-state index in [1.807, 2.05) is 17.0 Å². The highest BCUT2D eigenvalue weighted by atomic mass is 35.5. The lowest BCUT2D eigenvalue weighted by atomic mass is 9.68. The van der Waals surface area contributed by atoms with Crippen LogP contribution < -0.4 is 31.1 Å². The second kappa shape index (κ2) is 18.8. The van der Waals surface area contributed by atoms with Crippen LogP contribution in [0.3, 0.4) is 0 Å². The molecule has 4 aromatic rings. The standard InChI is InChI=1S/C43H50ClF2N11O4.C5H10O/c1-26-30(44)20-28(21-34(26)56-16-9-37(58)50-41(56)61)40(60)54-13-6-27(7-14-54)24-52-17-10-42(43(45,46)25-52)11-18-53(19-12-42)32-4-3-5-33-29(32)8-15-55(33)36-22-31(48-2)39-49-23-35(38(47)59)57(39)51-36;1-6-5-3-2-4-5/h3-5,20-23,27,48H,6-19,24-25H2,1-2H3,(H2,47,59)(H,50,58,61);5H,2-4H2,1H3. The third-order valence-corrected chi connectivity index (χ3v) is 15.5. The Labute approximate surface area is 394 Å². The van der Waals surface area contributed by atoms with Gasteiger partial charge < -0.3 is 30.5 Å². The zero-order valence-corrected chi connectivity index (χ0v) is 39.2. The van der Waals surface area contributed by atoms with Crippen molar-refractivity contribution in [1.82, 2.24) is 29.7 Å². The second-order valence-electron chi connectivity index (χ2n) is 18.9. The molecule has 358 valence electrons. The van der Waals surface area contributed by atoms with Gasteiger partial charge in [-0.25, -0.2) is 23.1 Å². The number of carbonyl (C=O) groups excluding carboxylic acids is 4. The molecule has 19 heteroatoms. The largest absolute Gasteiger partial charge is 0.385 e. The molecule has 1 spiro atoms. The van der Waals surface area contributed by atoms with Gasteiger partial charge in [0, 0.05) is 105 Å². The van der Waals surface area contributed by atoms with Crippen molar-refractivity contribution in [2.75, 3.05) is 93.1 Å². The highest BCUT2D eigenvalue weighted by Crippen LogP contribution is 2.52. The number of methoxy groups -OCH3 is 1. The molecule has 4 saturated heterocycles. The summed E-state index contributed by atoms with van der Waals surface area (Å²) in [5.74, 6) is -3.17. The molecule has 1 saturated carbocycles. The molecule has 4 N–H and O–H groups in total. The minimum atomic E-state index is -2.84. The number of benzene rings is 2. The van der Waals surface area contributed by atoms with E-state index in [-0.39, 0.29) is 42.9 Å². The number of nitrogens with two attached hydrogens (primary N) is 1. The number of imide groups is 1. The monoisotopic (exact) mass is 943 g/mol. The van der Waals surface area contributed by atoms with Crippen LogP contribution in [0.5, 0.6) is 0 Å². The van der Waals surface area contributed by atoms with Crippen molar-refractivity contribution in [2.24, 2.45) is 17.1 Å². The van der Waals surface area contributed by atoms with Crippen LogP contribution in [-0.4, -0.2) is 133 Å². The van der Waals surface area contributed by atoms with Gasteiger partial charge in [0.05, 0.1) is 30.2 Å². The number of nitrogens with one attached hydrogen (secondary N) is 2. The number of imidazole rings is 1. The molecule has 1 aliphatic carbocycles. The number of alkyl halides is 2. The lowest BCUT2D eigenvalue weighted by molar-refractivity contribution is -0.179. The number of anilines is 5. The topological polar surface area (TPSA) is 174 Å². The van der Waals surface area contributed by atoms with Gasteiger partial charge in [-0.2, -0.15) is 0 Å². The first kappa shape index (κ1) is 46.5. The Bertz CT molecular complexity index is 2550. The maximum Gasteiger partial charge on any atom is 0.328 e. The zero-order valence-electron chi connectivity index (χ0n) is 38.5. The molecule has 0 radical (unpaired) electrons. The van der Waals surface area contributed by atoms with E-state index in [0.29, 0.717) is 123 Å². The van der Waals surface area contributed by atoms with Crippen LogP contribution in [0, 0.1) is 18.3 Å². The van der Waals surface area contributed by atoms with Crippen LogP contribution in [0.4, 0.5) is 42.1 Å². The molecule has 0 unspecified atom stereocenters. The SMILES string of the molecule is CNc1cc(N2CCc3c(N4CCC5(CCN(CC6CCN(C(=O)c7cc(Cl)c(C)c(N8CCC(=O)NC8=O)c7)CC6)CC5(F)F)CC4)cccc32)nn2c(C(N)=O)cnc12.COC1CCC1. The average molecular weight is 945 g/mol. The quantitative estimate of drug-likeness (QED) is 0.164. The predicted octanol–water partition coefficient (Wildman–Crippen LogP) is 6.64. The second-order valence-corrected chi connectivity index (χ2v) is 19.3. The molecule has 2 aromatic heterocycles. The van der Waals surface area contributed by atoms with E-state index in [1.165, 1.54) is 34.9 Å². The molecule has 67 heavy (non-hydrogen) atoms. The van der Waals surface area contributed by atoms with E-state index >= 15 is 8.78 Å². The van der Waals surface area contributed by atoms with E-state index in [2.05, 4.69) is 37.6 Å². The number of amides is 5. The fraction of sp³-hybridized carbons (Fsp3) is 0.542. The molecule has 5 amide bonds. The third-order valence-electron chi connectivity index (χ3n) is 15.1. The number of primary amides is 1. The van der Waals surface area contributed by atoms with E-state index < -0.39 is 23.3 Å². The van der Waals surface area contributed by atoms with Gasteiger partial charge in [0.1, 0.15) is 5.69 Å². The van der Waals surface area contributed by atoms with Crippen LogP contribution >= 0.6 is 11.6 Å². The van der Waals surface area contributed by atoms with Gasteiger partial charge in [-0.1, -0.05) is 17.7 Å². The summed E-state index contributed by atoms with van der Waals surface area (Å²) in [6, 6.07) is 10.8. The molecule has 2 aromatic carbocycles. The van der Waals surface area contributed by atoms with E-state index in [0.717, 1.165) is 23.4 Å². The predicted molar refractivity (Wildman–Crippen MR) is 253 cm³/mol. The maximum absolute atomic E-state index is 16.4. The average Bonchev–Trinajstić information content (AvgIpc) is 3.94. The summed E-state index contributed by atoms with van der Waals surface area (Å²) in [5, 5.41) is 10.6. The number of aromatic nitrogens is 3. The molecule has 16 nitrogen and oxygen atoms in total. The Morgan fingerprint density at radius 2 is 1.66 bits per heavy atom. The van der Waals surface area contributed by atoms with Gasteiger partial charge in [-0.15, -0.1) is 5.10 Å². The van der Waals surface area contributed by atoms with Crippen LogP contribution in [0.15, 0.2) is 42.6 Å². The Kier molecular flexibility index (Phi) is 13.1. The Morgan fingerprint density at radius 3 is 2.30 bits per heavy atom. The van der Waals surface area contributed by atoms with Crippen molar-refractivity contribution in [3.8, 4) is 0 Å². The lowest BCUT2D eigenvalue weighted by Crippen LogP contribution is -2.60. The van der Waals surface area contributed by atoms with E-state index in [4.69, 9.17) is 27.2 Å². The minimum Gasteiger partial charge on any atom is -0.385 e. The molecule has 7 heterocycles. The van der Waals surface area contributed by atoms with Crippen LogP contribution in [-0.2, 0) is 16.0 Å². The van der Waals surface area contributed by atoms with E-state index in [9.17, 15) is 19.2 Å². The number of likely N-dealkylation sites (tertiary alicyclic amines) is 2. The summed E-state index contributed by atoms with van der Waals surface area (Å²) >= 11 is 6.53. The van der Waals surface area contributed by atoms with Gasteiger partial charge in [-0.3, -0.25) is 29.5 Å². The molecular formula is C48H60ClF2N11O5. The summed E-state index contributed by atoms with van der Waals surface area (Å²) < 4.78 is 39.2. The van der Waals surface area contributed by atoms with Gasteiger partial charge in [0.2, 0.25) is 5.91 Å². The number of fused-ring (bicyclic) bond motifs is 2. The first-order chi connectivity index (χ1) is 32.2. The molecule has 0 atom stereocenters. The van der Waals surface area contributed by atoms with Crippen LogP contribution in [0.2, 0.25) is 5.02 Å². The summed E-state index contributed by atoms with van der Waals surface area (Å²) in [4.78, 5) is 63.9. The molecule has 0 bridgehead atoms. The van der Waals surface area contributed by atoms with Gasteiger partial charge in [0.25, 0.3) is 17.7 Å². The number of nitrogens with zero attached hydrogens (tertiary/aromatic N) is 8. The highest BCUT2D eigenvalue weighted by Gasteiger charge is 2.57. The van der Waals surface area contributed by atoms with Crippen molar-refractivity contribution >= 4 is 69.6 Å². The zero-order chi connectivity index (χ0) is 47.2. The Hall–Kier alpha value is -5.59. The molecular weight excluding hydrogens is 884 g/mol. The van der Waals surface area contributed by atoms with Gasteiger partial charge in [0.15, 0.2) is 11.5 Å². The smallest absolute Gasteiger partial charge is 0.328 e. The maximum atomic E-state index is 16.4. The number of rotatable bonds is 9. The van der Waals surface area contributed by atoms with Crippen LogP contribution in [0.25, 0.3) is 5.65 Å². The van der Waals surface area contributed by atoms with Crippen molar-refractivity contribution in [3.63, 3.8) is 0 Å². The summed E-state index contributed by atoms with van der Waals surface area (Å²) in [7, 11) is 3.57. The fourth-order valence-corrected chi connectivity index (χ4v) is 11.0. The normalized spacial score (nSPS) is 20.9. The first-order valence-electron chi connectivity index (χ1n) is 23.5. The summed E-state index contributed by atoms with van der Waals surface area (Å²) in [6.45, 7) is 5.64. The number of halogens is 3. The first-order valence-corrected chi connectivity index (χ1v) is 23.9. The number of piperidine rings is 3. The van der Waals surface area contributed by atoms with Gasteiger partial charge >= 0.3 is 6.03 Å². The Morgan fingerprint density at radius 1 is 0.940 bits per heavy atom. The number of carbonyl (C=O) groups is 4. The van der Waals surface area contributed by atoms with E-state index in [1.54, 1.807) is 38.1 Å². The van der Waals surface area contributed by atoms with Gasteiger partial charge in [-0.05, 0) is 107 Å². The summed E-state index contributed by atoms with van der Waals surface area (Å²) in [5.41, 5.74) is 10.7. The number of hydrogen-bond donors (Lipinski definition) is 3. The minimum absolute atomic E-state index is 0.153. The highest BCUT2D eigenvalue weighted by molar-refractivity contribution is 6.32.